The molecule has 0 aromatic carbocycles. The molecule has 0 aromatic heterocycles. The number of ether oxygens (including phenoxy) is 1. The molecular formula is C3H3O2Y-. The van der Waals surface area contributed by atoms with Crippen LogP contribution in [0.4, 0.5) is 0 Å². The number of hydrogen-bond donors (Lipinski definition) is 0. The van der Waals surface area contributed by atoms with Crippen molar-refractivity contribution >= 4 is 6.47 Å². The van der Waals surface area contributed by atoms with E-state index in [0.717, 1.165) is 0 Å². The molecule has 0 aliphatic rings. The summed E-state index contributed by atoms with van der Waals surface area (Å²) in [6, 6.07) is 0. The molecule has 0 N–H and O–H groups in total. The smallest absolute Gasteiger partial charge is 0.137 e. The fourth-order valence-corrected chi connectivity index (χ4v) is 0.0340. The SMILES string of the molecule is C=[C-]OC=O.[Y]. The molecule has 6 heavy (non-hydrogen) atoms. The van der Waals surface area contributed by atoms with Gasteiger partial charge in [-0.25, -0.2) is 0 Å². The van der Waals surface area contributed by atoms with E-state index in [9.17, 15) is 0 Å². The van der Waals surface area contributed by atoms with Gasteiger partial charge in [-0.05, 0) is 0 Å². The van der Waals surface area contributed by atoms with Crippen molar-refractivity contribution in [3.63, 3.8) is 0 Å². The van der Waals surface area contributed by atoms with E-state index >= 15 is 0 Å². The van der Waals surface area contributed by atoms with Gasteiger partial charge in [0.1, 0.15) is 6.47 Å². The topological polar surface area (TPSA) is 26.3 Å². The van der Waals surface area contributed by atoms with Crippen LogP contribution in [0.25, 0.3) is 0 Å². The minimum atomic E-state index is 0. The summed E-state index contributed by atoms with van der Waals surface area (Å²) >= 11 is 0. The molecule has 0 aliphatic carbocycles. The standard InChI is InChI=1S/C3H3O2.Y/c1-2-5-3-4;/h3H,1H2;/q-1;. The Balaban J connectivity index is 0. The van der Waals surface area contributed by atoms with E-state index in [2.05, 4.69) is 11.3 Å². The minimum absolute atomic E-state index is 0. The Hall–Kier alpha value is 0.314. The maximum absolute atomic E-state index is 9.08. The predicted octanol–water partition coefficient (Wildman–Crippen LogP) is 0.104. The summed E-state index contributed by atoms with van der Waals surface area (Å²) in [5.74, 6) is 0. The molecule has 1 radical (unpaired) electrons. The summed E-state index contributed by atoms with van der Waals surface area (Å²) in [5.41, 5.74) is 0. The van der Waals surface area contributed by atoms with Crippen molar-refractivity contribution in [2.24, 2.45) is 0 Å². The fraction of sp³-hybridized carbons (Fsp3) is 0. The zero-order valence-electron chi connectivity index (χ0n) is 3.18. The van der Waals surface area contributed by atoms with Gasteiger partial charge in [0.25, 0.3) is 0 Å². The molecule has 0 heterocycles. The maximum Gasteiger partial charge on any atom is 0.137 e. The van der Waals surface area contributed by atoms with Crippen LogP contribution in [0.15, 0.2) is 6.58 Å². The molecule has 0 unspecified atom stereocenters. The Morgan fingerprint density at radius 2 is 2.33 bits per heavy atom. The van der Waals surface area contributed by atoms with Crippen molar-refractivity contribution in [2.75, 3.05) is 0 Å². The van der Waals surface area contributed by atoms with Crippen LogP contribution >= 0.6 is 0 Å². The van der Waals surface area contributed by atoms with Gasteiger partial charge < -0.3 is 9.53 Å². The quantitative estimate of drug-likeness (QED) is 0.325. The molecule has 0 saturated heterocycles. The number of rotatable bonds is 2. The maximum atomic E-state index is 9.08. The van der Waals surface area contributed by atoms with E-state index in [1.54, 1.807) is 0 Å². The summed E-state index contributed by atoms with van der Waals surface area (Å²) in [4.78, 5) is 9.08. The van der Waals surface area contributed by atoms with Crippen LogP contribution in [0.5, 0.6) is 0 Å². The molecule has 0 spiro atoms. The van der Waals surface area contributed by atoms with Crippen LogP contribution in [0.2, 0.25) is 0 Å². The number of hydrogen-bond acceptors (Lipinski definition) is 2. The van der Waals surface area contributed by atoms with E-state index in [0.29, 0.717) is 0 Å². The van der Waals surface area contributed by atoms with E-state index in [4.69, 9.17) is 4.79 Å². The molecular weight excluding hydrogens is 157 g/mol. The Bertz CT molecular complexity index is 38.1. The molecule has 0 aliphatic heterocycles. The monoisotopic (exact) mass is 160 g/mol. The third-order valence-electron chi connectivity index (χ3n) is 0.131. The summed E-state index contributed by atoms with van der Waals surface area (Å²) in [5, 5.41) is 0. The normalized spacial score (nSPS) is 4.67. The van der Waals surface area contributed by atoms with Crippen LogP contribution in [0.3, 0.4) is 0 Å². The van der Waals surface area contributed by atoms with E-state index in [1.165, 1.54) is 0 Å². The number of carbonyl (C=O) groups excluding carboxylic acids is 1. The second kappa shape index (κ2) is 9.00. The minimum Gasteiger partial charge on any atom is -0.620 e. The van der Waals surface area contributed by atoms with Crippen molar-refractivity contribution in [1.82, 2.24) is 0 Å². The third kappa shape index (κ3) is 8.85. The average Bonchev–Trinajstić information content (AvgIpc) is 1.41. The Kier molecular flexibility index (Phi) is 14.4. The van der Waals surface area contributed by atoms with Crippen LogP contribution in [0.1, 0.15) is 0 Å². The molecule has 2 nitrogen and oxygen atoms in total. The van der Waals surface area contributed by atoms with Crippen LogP contribution < -0.4 is 0 Å². The van der Waals surface area contributed by atoms with Gasteiger partial charge in [-0.15, -0.1) is 0 Å². The van der Waals surface area contributed by atoms with Gasteiger partial charge in [0.2, 0.25) is 0 Å². The summed E-state index contributed by atoms with van der Waals surface area (Å²) in [6.45, 7) is 3.23. The van der Waals surface area contributed by atoms with Crippen LogP contribution in [-0.4, -0.2) is 6.47 Å². The molecule has 0 amide bonds. The first-order valence-electron chi connectivity index (χ1n) is 1.03. The zero-order chi connectivity index (χ0) is 4.12. The first-order chi connectivity index (χ1) is 2.41. The van der Waals surface area contributed by atoms with Crippen molar-refractivity contribution in [3.8, 4) is 0 Å². The van der Waals surface area contributed by atoms with E-state index in [1.807, 2.05) is 6.26 Å². The van der Waals surface area contributed by atoms with Crippen molar-refractivity contribution in [2.45, 2.75) is 0 Å². The second-order valence-corrected chi connectivity index (χ2v) is 0.358. The van der Waals surface area contributed by atoms with Gasteiger partial charge >= 0.3 is 0 Å². The molecule has 3 heteroatoms. The summed E-state index contributed by atoms with van der Waals surface area (Å²) in [6.07, 6.45) is 1.90. The molecule has 0 rings (SSSR count). The summed E-state index contributed by atoms with van der Waals surface area (Å²) < 4.78 is 3.79. The van der Waals surface area contributed by atoms with Crippen molar-refractivity contribution in [1.29, 1.82) is 0 Å². The van der Waals surface area contributed by atoms with E-state index in [-0.39, 0.29) is 39.2 Å². The molecule has 0 bridgehead atoms. The zero-order valence-corrected chi connectivity index (χ0v) is 6.02. The van der Waals surface area contributed by atoms with Gasteiger partial charge in [-0.2, -0.15) is 6.58 Å². The van der Waals surface area contributed by atoms with Gasteiger partial charge in [0.05, 0.1) is 0 Å². The Morgan fingerprint density at radius 3 is 2.33 bits per heavy atom. The Morgan fingerprint density at radius 1 is 1.83 bits per heavy atom. The largest absolute Gasteiger partial charge is 0.620 e. The molecule has 0 fully saturated rings. The molecule has 0 atom stereocenters. The Labute approximate surface area is 61.4 Å². The summed E-state index contributed by atoms with van der Waals surface area (Å²) in [7, 11) is 0. The fourth-order valence-electron chi connectivity index (χ4n) is 0.0340. The number of carbonyl (C=O) groups is 1. The molecule has 31 valence electrons. The first kappa shape index (κ1) is 9.58. The van der Waals surface area contributed by atoms with Crippen molar-refractivity contribution < 1.29 is 42.2 Å². The predicted molar refractivity (Wildman–Crippen MR) is 16.0 cm³/mol. The van der Waals surface area contributed by atoms with Gasteiger partial charge in [-0.1, -0.05) is 6.26 Å². The van der Waals surface area contributed by atoms with E-state index < -0.39 is 0 Å². The van der Waals surface area contributed by atoms with Gasteiger partial charge in [-0.3, -0.25) is 0 Å². The molecule has 0 aromatic rings. The second-order valence-electron chi connectivity index (χ2n) is 0.358. The average molecular weight is 160 g/mol. The van der Waals surface area contributed by atoms with Crippen molar-refractivity contribution in [3.05, 3.63) is 12.8 Å². The van der Waals surface area contributed by atoms with Crippen LogP contribution in [-0.2, 0) is 42.2 Å². The van der Waals surface area contributed by atoms with Gasteiger partial charge in [0.15, 0.2) is 0 Å². The van der Waals surface area contributed by atoms with Crippen LogP contribution in [0, 0.1) is 6.26 Å². The van der Waals surface area contributed by atoms with Gasteiger partial charge in [0, 0.05) is 32.7 Å². The molecule has 0 saturated carbocycles. The first-order valence-corrected chi connectivity index (χ1v) is 1.03. The third-order valence-corrected chi connectivity index (χ3v) is 0.131.